The van der Waals surface area contributed by atoms with Crippen molar-refractivity contribution in [3.05, 3.63) is 77.4 Å². The Morgan fingerprint density at radius 3 is 1.87 bits per heavy atom. The molecule has 0 N–H and O–H groups in total. The average Bonchev–Trinajstić information content (AvgIpc) is 2.65. The summed E-state index contributed by atoms with van der Waals surface area (Å²) in [7, 11) is 0. The third-order valence-corrected chi connectivity index (χ3v) is 5.53. The molecular weight excluding hydrogens is 380 g/mol. The van der Waals surface area contributed by atoms with Gasteiger partial charge in [0.05, 0.1) is 22.6 Å². The topological polar surface area (TPSA) is 41.8 Å². The second-order valence-electron chi connectivity index (χ2n) is 10.7. The first-order valence-electron chi connectivity index (χ1n) is 10.9. The SMILES string of the molecule is CC1=CC(=NC2(C)C=C(C(C)(C)C)C(=O)C(C(C)(C)C)=C2)C=CC1=Nc1ccccc1. The van der Waals surface area contributed by atoms with E-state index in [1.54, 1.807) is 0 Å². The summed E-state index contributed by atoms with van der Waals surface area (Å²) >= 11 is 0. The first kappa shape index (κ1) is 22.9. The Labute approximate surface area is 187 Å². The number of rotatable bonds is 2. The van der Waals surface area contributed by atoms with Crippen molar-refractivity contribution < 1.29 is 4.79 Å². The Hall–Kier alpha value is -2.81. The van der Waals surface area contributed by atoms with E-state index in [2.05, 4.69) is 61.5 Å². The fourth-order valence-corrected chi connectivity index (χ4v) is 3.84. The third-order valence-electron chi connectivity index (χ3n) is 5.53. The zero-order chi connectivity index (χ0) is 23.0. The van der Waals surface area contributed by atoms with Gasteiger partial charge in [0.25, 0.3) is 0 Å². The molecule has 0 atom stereocenters. The summed E-state index contributed by atoms with van der Waals surface area (Å²) < 4.78 is 0. The maximum absolute atomic E-state index is 13.2. The van der Waals surface area contributed by atoms with E-state index >= 15 is 0 Å². The number of carbonyl (C=O) groups is 1. The first-order valence-corrected chi connectivity index (χ1v) is 10.9. The molecule has 0 saturated heterocycles. The predicted octanol–water partition coefficient (Wildman–Crippen LogP) is 7.00. The molecule has 0 amide bonds. The highest BCUT2D eigenvalue weighted by Gasteiger charge is 2.39. The van der Waals surface area contributed by atoms with Gasteiger partial charge in [-0.3, -0.25) is 9.79 Å². The molecule has 0 radical (unpaired) electrons. The van der Waals surface area contributed by atoms with Gasteiger partial charge in [0.1, 0.15) is 0 Å². The second kappa shape index (κ2) is 8.03. The zero-order valence-corrected chi connectivity index (χ0v) is 20.1. The molecule has 0 unspecified atom stereocenters. The van der Waals surface area contributed by atoms with E-state index in [-0.39, 0.29) is 16.6 Å². The van der Waals surface area contributed by atoms with Gasteiger partial charge in [-0.25, -0.2) is 4.99 Å². The molecule has 0 aliphatic heterocycles. The van der Waals surface area contributed by atoms with Crippen LogP contribution in [-0.2, 0) is 4.79 Å². The highest BCUT2D eigenvalue weighted by atomic mass is 16.1. The van der Waals surface area contributed by atoms with Crippen molar-refractivity contribution in [2.75, 3.05) is 0 Å². The quantitative estimate of drug-likeness (QED) is 0.480. The second-order valence-corrected chi connectivity index (χ2v) is 10.7. The maximum Gasteiger partial charge on any atom is 0.185 e. The number of Topliss-reactive ketones (excluding diaryl/α,β-unsaturated/α-hetero) is 1. The summed E-state index contributed by atoms with van der Waals surface area (Å²) in [4.78, 5) is 23.0. The van der Waals surface area contributed by atoms with Gasteiger partial charge in [0.2, 0.25) is 0 Å². The van der Waals surface area contributed by atoms with Crippen LogP contribution in [0.4, 0.5) is 5.69 Å². The van der Waals surface area contributed by atoms with E-state index in [1.807, 2.05) is 54.6 Å². The highest BCUT2D eigenvalue weighted by molar-refractivity contribution is 6.21. The Morgan fingerprint density at radius 2 is 1.39 bits per heavy atom. The van der Waals surface area contributed by atoms with E-state index in [0.29, 0.717) is 0 Å². The summed E-state index contributed by atoms with van der Waals surface area (Å²) in [6.45, 7) is 16.7. The third kappa shape index (κ3) is 5.28. The fraction of sp³-hybridized carbons (Fsp3) is 0.393. The van der Waals surface area contributed by atoms with Crippen molar-refractivity contribution in [2.24, 2.45) is 20.8 Å². The minimum Gasteiger partial charge on any atom is -0.289 e. The lowest BCUT2D eigenvalue weighted by Crippen LogP contribution is -2.35. The highest BCUT2D eigenvalue weighted by Crippen LogP contribution is 2.41. The van der Waals surface area contributed by atoms with Crippen LogP contribution in [0.15, 0.2) is 87.4 Å². The molecule has 1 aromatic rings. The molecule has 0 saturated carbocycles. The molecule has 2 aliphatic carbocycles. The number of hydrogen-bond acceptors (Lipinski definition) is 3. The van der Waals surface area contributed by atoms with Crippen LogP contribution in [-0.4, -0.2) is 22.7 Å². The smallest absolute Gasteiger partial charge is 0.185 e. The van der Waals surface area contributed by atoms with Gasteiger partial charge in [-0.15, -0.1) is 0 Å². The van der Waals surface area contributed by atoms with Crippen LogP contribution in [0, 0.1) is 10.8 Å². The molecule has 0 aromatic heterocycles. The van der Waals surface area contributed by atoms with Gasteiger partial charge in [0.15, 0.2) is 5.78 Å². The lowest BCUT2D eigenvalue weighted by atomic mass is 9.69. The summed E-state index contributed by atoms with van der Waals surface area (Å²) in [5, 5.41) is 0. The molecule has 3 nitrogen and oxygen atoms in total. The minimum atomic E-state index is -0.580. The molecule has 0 fully saturated rings. The number of ketones is 1. The molecular formula is C28H34N2O. The van der Waals surface area contributed by atoms with Gasteiger partial charge in [0, 0.05) is 11.1 Å². The van der Waals surface area contributed by atoms with Crippen LogP contribution in [0.2, 0.25) is 0 Å². The minimum absolute atomic E-state index is 0.140. The Balaban J connectivity index is 2.02. The number of allylic oxidation sites excluding steroid dienone is 6. The maximum atomic E-state index is 13.2. The van der Waals surface area contributed by atoms with Gasteiger partial charge >= 0.3 is 0 Å². The standard InChI is InChI=1S/C28H34N2O/c1-19-16-21(14-15-24(19)29-20-12-10-9-11-13-20)30-28(8)17-22(26(2,3)4)25(31)23(18-28)27(5,6)7/h9-18H,1-8H3. The molecule has 3 heteroatoms. The van der Waals surface area contributed by atoms with Crippen LogP contribution < -0.4 is 0 Å². The number of hydrogen-bond donors (Lipinski definition) is 0. The van der Waals surface area contributed by atoms with E-state index < -0.39 is 5.54 Å². The van der Waals surface area contributed by atoms with Crippen LogP contribution in [0.1, 0.15) is 55.4 Å². The first-order chi connectivity index (χ1) is 14.3. The lowest BCUT2D eigenvalue weighted by molar-refractivity contribution is -0.114. The number of nitrogens with zero attached hydrogens (tertiary/aromatic N) is 2. The van der Waals surface area contributed by atoms with Crippen LogP contribution >= 0.6 is 0 Å². The number of benzene rings is 1. The fourth-order valence-electron chi connectivity index (χ4n) is 3.84. The molecule has 0 bridgehead atoms. The largest absolute Gasteiger partial charge is 0.289 e. The van der Waals surface area contributed by atoms with Crippen molar-refractivity contribution in [1.82, 2.24) is 0 Å². The number of carbonyl (C=O) groups excluding carboxylic acids is 1. The summed E-state index contributed by atoms with van der Waals surface area (Å²) in [6, 6.07) is 9.95. The van der Waals surface area contributed by atoms with Crippen molar-refractivity contribution in [1.29, 1.82) is 0 Å². The van der Waals surface area contributed by atoms with E-state index in [4.69, 9.17) is 9.98 Å². The molecule has 0 heterocycles. The van der Waals surface area contributed by atoms with Gasteiger partial charge in [-0.05, 0) is 72.8 Å². The Kier molecular flexibility index (Phi) is 5.92. The van der Waals surface area contributed by atoms with Crippen molar-refractivity contribution in [2.45, 2.75) is 60.9 Å². The monoisotopic (exact) mass is 414 g/mol. The lowest BCUT2D eigenvalue weighted by Gasteiger charge is -2.36. The van der Waals surface area contributed by atoms with Gasteiger partial charge < -0.3 is 0 Å². The molecule has 31 heavy (non-hydrogen) atoms. The summed E-state index contributed by atoms with van der Waals surface area (Å²) in [6.07, 6.45) is 10.2. The molecule has 0 spiro atoms. The normalized spacial score (nSPS) is 21.8. The van der Waals surface area contributed by atoms with Crippen LogP contribution in [0.25, 0.3) is 0 Å². The van der Waals surface area contributed by atoms with E-state index in [0.717, 1.165) is 33.8 Å². The Bertz CT molecular complexity index is 1030. The van der Waals surface area contributed by atoms with Crippen LogP contribution in [0.5, 0.6) is 0 Å². The van der Waals surface area contributed by atoms with Crippen LogP contribution in [0.3, 0.4) is 0 Å². The molecule has 3 rings (SSSR count). The van der Waals surface area contributed by atoms with Crippen molar-refractivity contribution in [3.63, 3.8) is 0 Å². The van der Waals surface area contributed by atoms with E-state index in [1.165, 1.54) is 0 Å². The van der Waals surface area contributed by atoms with Crippen molar-refractivity contribution in [3.8, 4) is 0 Å². The summed E-state index contributed by atoms with van der Waals surface area (Å²) in [5.41, 5.74) is 4.42. The van der Waals surface area contributed by atoms with Crippen molar-refractivity contribution >= 4 is 22.9 Å². The number of para-hydroxylation sites is 1. The molecule has 162 valence electrons. The molecule has 1 aromatic carbocycles. The van der Waals surface area contributed by atoms with Gasteiger partial charge in [-0.2, -0.15) is 0 Å². The Morgan fingerprint density at radius 1 is 0.839 bits per heavy atom. The summed E-state index contributed by atoms with van der Waals surface area (Å²) in [5.74, 6) is 0.140. The molecule has 2 aliphatic rings. The average molecular weight is 415 g/mol. The van der Waals surface area contributed by atoms with E-state index in [9.17, 15) is 4.79 Å². The zero-order valence-electron chi connectivity index (χ0n) is 20.1. The number of aliphatic imine (C=N–C) groups is 2. The predicted molar refractivity (Wildman–Crippen MR) is 132 cm³/mol. The van der Waals surface area contributed by atoms with Gasteiger partial charge in [-0.1, -0.05) is 59.7 Å².